The lowest BCUT2D eigenvalue weighted by atomic mass is 10.0. The first-order chi connectivity index (χ1) is 14.3. The van der Waals surface area contributed by atoms with Gasteiger partial charge in [0, 0.05) is 18.9 Å². The number of aliphatic carboxylic acids is 1. The Kier molecular flexibility index (Phi) is 6.60. The van der Waals surface area contributed by atoms with Gasteiger partial charge in [-0.25, -0.2) is 9.78 Å². The van der Waals surface area contributed by atoms with E-state index in [1.807, 2.05) is 23.1 Å². The number of amides is 1. The van der Waals surface area contributed by atoms with Crippen LogP contribution >= 0.6 is 0 Å². The summed E-state index contributed by atoms with van der Waals surface area (Å²) in [6.07, 6.45) is -0.354. The molecule has 0 radical (unpaired) electrons. The van der Waals surface area contributed by atoms with Crippen LogP contribution in [0.5, 0.6) is 5.88 Å². The third kappa shape index (κ3) is 5.09. The molecule has 11 heteroatoms. The highest BCUT2D eigenvalue weighted by molar-refractivity contribution is 5.92. The monoisotopic (exact) mass is 428 g/mol. The summed E-state index contributed by atoms with van der Waals surface area (Å²) in [6.45, 7) is 1.18. The molecule has 2 aromatic heterocycles. The van der Waals surface area contributed by atoms with Crippen LogP contribution in [0.15, 0.2) is 47.2 Å². The first-order valence-corrected chi connectivity index (χ1v) is 9.11. The molecule has 162 valence electrons. The lowest BCUT2D eigenvalue weighted by Crippen LogP contribution is -2.44. The van der Waals surface area contributed by atoms with Crippen LogP contribution in [0.4, 0.5) is 13.2 Å². The van der Waals surface area contributed by atoms with E-state index in [-0.39, 0.29) is 24.2 Å². The number of hydrogen-bond donors (Lipinski definition) is 1. The Morgan fingerprint density at radius 3 is 2.60 bits per heavy atom. The summed E-state index contributed by atoms with van der Waals surface area (Å²) >= 11 is 0. The SMILES string of the molecule is O=C(O)C(F)(F)F.O=C(c1ccco1)N1C[C@@H](Oc2ccccn2)[C@H]2OCCC[C@H]21. The third-order valence-corrected chi connectivity index (χ3v) is 4.62. The standard InChI is InChI=1S/C17H18N2O4.C2HF3O2/c20-17(13-6-4-9-21-13)19-11-14(16-12(19)5-3-10-22-16)23-15-7-1-2-8-18-15;3-2(4,5)1(6)7/h1-2,4,6-9,12,14,16H,3,5,10-11H2;(H,6,7)/t12-,14-,16+;/m1./s1. The van der Waals surface area contributed by atoms with Crippen LogP contribution in [0.2, 0.25) is 0 Å². The summed E-state index contributed by atoms with van der Waals surface area (Å²) in [7, 11) is 0. The van der Waals surface area contributed by atoms with Gasteiger partial charge in [0.15, 0.2) is 5.76 Å². The van der Waals surface area contributed by atoms with E-state index < -0.39 is 12.1 Å². The van der Waals surface area contributed by atoms with Crippen molar-refractivity contribution in [3.8, 4) is 5.88 Å². The summed E-state index contributed by atoms with van der Waals surface area (Å²) < 4.78 is 48.9. The second-order valence-electron chi connectivity index (χ2n) is 6.61. The van der Waals surface area contributed by atoms with Crippen LogP contribution in [0.1, 0.15) is 23.4 Å². The Labute approximate surface area is 169 Å². The minimum atomic E-state index is -5.08. The van der Waals surface area contributed by atoms with Gasteiger partial charge in [0.1, 0.15) is 12.2 Å². The molecule has 0 aromatic carbocycles. The molecule has 4 heterocycles. The topological polar surface area (TPSA) is 102 Å². The fourth-order valence-corrected chi connectivity index (χ4v) is 3.36. The lowest BCUT2D eigenvalue weighted by molar-refractivity contribution is -0.192. The molecule has 0 bridgehead atoms. The van der Waals surface area contributed by atoms with Crippen LogP contribution in [-0.2, 0) is 9.53 Å². The Balaban J connectivity index is 0.000000318. The summed E-state index contributed by atoms with van der Waals surface area (Å²) in [5, 5.41) is 7.12. The van der Waals surface area contributed by atoms with Crippen molar-refractivity contribution in [3.05, 3.63) is 48.6 Å². The first-order valence-electron chi connectivity index (χ1n) is 9.11. The zero-order chi connectivity index (χ0) is 21.7. The van der Waals surface area contributed by atoms with E-state index in [0.29, 0.717) is 24.8 Å². The van der Waals surface area contributed by atoms with E-state index >= 15 is 0 Å². The third-order valence-electron chi connectivity index (χ3n) is 4.62. The minimum absolute atomic E-state index is 0.0232. The molecule has 4 rings (SSSR count). The van der Waals surface area contributed by atoms with Gasteiger partial charge in [-0.2, -0.15) is 13.2 Å². The molecule has 1 amide bonds. The van der Waals surface area contributed by atoms with Crippen LogP contribution in [0, 0.1) is 0 Å². The van der Waals surface area contributed by atoms with Gasteiger partial charge in [0.25, 0.3) is 5.91 Å². The molecule has 2 saturated heterocycles. The van der Waals surface area contributed by atoms with Crippen molar-refractivity contribution in [2.75, 3.05) is 13.2 Å². The number of nitrogens with zero attached hydrogens (tertiary/aromatic N) is 2. The van der Waals surface area contributed by atoms with Crippen molar-refractivity contribution >= 4 is 11.9 Å². The molecule has 1 N–H and O–H groups in total. The fourth-order valence-electron chi connectivity index (χ4n) is 3.36. The zero-order valence-electron chi connectivity index (χ0n) is 15.6. The average Bonchev–Trinajstić information content (AvgIpc) is 3.37. The molecule has 2 aliphatic rings. The Morgan fingerprint density at radius 1 is 1.23 bits per heavy atom. The number of ether oxygens (including phenoxy) is 2. The molecule has 0 spiro atoms. The maximum Gasteiger partial charge on any atom is 0.490 e. The quantitative estimate of drug-likeness (QED) is 0.802. The largest absolute Gasteiger partial charge is 0.490 e. The number of carbonyl (C=O) groups is 2. The number of carboxylic acid groups (broad SMARTS) is 1. The van der Waals surface area contributed by atoms with Gasteiger partial charge in [-0.3, -0.25) is 4.79 Å². The van der Waals surface area contributed by atoms with Gasteiger partial charge in [-0.1, -0.05) is 6.07 Å². The van der Waals surface area contributed by atoms with Crippen molar-refractivity contribution in [2.45, 2.75) is 37.3 Å². The number of carboxylic acids is 1. The van der Waals surface area contributed by atoms with Crippen molar-refractivity contribution in [3.63, 3.8) is 0 Å². The van der Waals surface area contributed by atoms with E-state index in [1.54, 1.807) is 18.3 Å². The van der Waals surface area contributed by atoms with Gasteiger partial charge < -0.3 is 23.9 Å². The van der Waals surface area contributed by atoms with E-state index in [1.165, 1.54) is 6.26 Å². The maximum atomic E-state index is 12.7. The van der Waals surface area contributed by atoms with Gasteiger partial charge >= 0.3 is 12.1 Å². The van der Waals surface area contributed by atoms with Crippen LogP contribution in [0.25, 0.3) is 0 Å². The molecule has 2 fully saturated rings. The molecule has 2 aromatic rings. The number of fused-ring (bicyclic) bond motifs is 1. The summed E-state index contributed by atoms with van der Waals surface area (Å²) in [4.78, 5) is 27.6. The van der Waals surface area contributed by atoms with Crippen LogP contribution in [0.3, 0.4) is 0 Å². The molecule has 8 nitrogen and oxygen atoms in total. The van der Waals surface area contributed by atoms with E-state index in [0.717, 1.165) is 12.8 Å². The average molecular weight is 428 g/mol. The van der Waals surface area contributed by atoms with Crippen molar-refractivity contribution in [1.82, 2.24) is 9.88 Å². The van der Waals surface area contributed by atoms with Gasteiger partial charge in [-0.05, 0) is 31.0 Å². The number of alkyl halides is 3. The zero-order valence-corrected chi connectivity index (χ0v) is 15.6. The van der Waals surface area contributed by atoms with E-state index in [4.69, 9.17) is 23.8 Å². The highest BCUT2D eigenvalue weighted by Gasteiger charge is 2.48. The molecule has 0 aliphatic carbocycles. The maximum absolute atomic E-state index is 12.7. The van der Waals surface area contributed by atoms with Crippen LogP contribution < -0.4 is 4.74 Å². The Bertz CT molecular complexity index is 844. The van der Waals surface area contributed by atoms with Crippen molar-refractivity contribution in [2.24, 2.45) is 0 Å². The Hall–Kier alpha value is -3.08. The molecular formula is C19H19F3N2O6. The fraction of sp³-hybridized carbons (Fsp3) is 0.421. The summed E-state index contributed by atoms with van der Waals surface area (Å²) in [5.41, 5.74) is 0. The summed E-state index contributed by atoms with van der Waals surface area (Å²) in [5.74, 6) is -1.96. The number of rotatable bonds is 3. The Morgan fingerprint density at radius 2 is 2.00 bits per heavy atom. The first kappa shape index (κ1) is 21.6. The molecule has 3 atom stereocenters. The lowest BCUT2D eigenvalue weighted by Gasteiger charge is -2.31. The van der Waals surface area contributed by atoms with Crippen molar-refractivity contribution < 1.29 is 41.8 Å². The highest BCUT2D eigenvalue weighted by atomic mass is 19.4. The smallest absolute Gasteiger partial charge is 0.475 e. The number of likely N-dealkylation sites (tertiary alicyclic amines) is 1. The molecule has 30 heavy (non-hydrogen) atoms. The minimum Gasteiger partial charge on any atom is -0.475 e. The number of halogens is 3. The van der Waals surface area contributed by atoms with Crippen LogP contribution in [-0.4, -0.2) is 64.4 Å². The predicted octanol–water partition coefficient (Wildman–Crippen LogP) is 2.76. The summed E-state index contributed by atoms with van der Waals surface area (Å²) in [6, 6.07) is 8.97. The molecule has 2 aliphatic heterocycles. The number of hydrogen-bond acceptors (Lipinski definition) is 6. The predicted molar refractivity (Wildman–Crippen MR) is 94.9 cm³/mol. The molecule has 0 saturated carbocycles. The number of furan rings is 1. The second-order valence-corrected chi connectivity index (χ2v) is 6.61. The van der Waals surface area contributed by atoms with Gasteiger partial charge in [-0.15, -0.1) is 0 Å². The van der Waals surface area contributed by atoms with E-state index in [2.05, 4.69) is 4.98 Å². The molecular weight excluding hydrogens is 409 g/mol. The molecule has 0 unspecified atom stereocenters. The number of pyridine rings is 1. The normalized spacial score (nSPS) is 23.2. The number of aromatic nitrogens is 1. The van der Waals surface area contributed by atoms with Gasteiger partial charge in [0.05, 0.1) is 18.8 Å². The second kappa shape index (κ2) is 9.16. The van der Waals surface area contributed by atoms with E-state index in [9.17, 15) is 18.0 Å². The van der Waals surface area contributed by atoms with Gasteiger partial charge in [0.2, 0.25) is 5.88 Å². The highest BCUT2D eigenvalue weighted by Crippen LogP contribution is 2.32. The number of carbonyl (C=O) groups excluding carboxylic acids is 1. The van der Waals surface area contributed by atoms with Crippen molar-refractivity contribution in [1.29, 1.82) is 0 Å².